The number of halogens is 3. The van der Waals surface area contributed by atoms with Crippen LogP contribution in [0.2, 0.25) is 0 Å². The van der Waals surface area contributed by atoms with Crippen LogP contribution in [0.5, 0.6) is 0 Å². The molecule has 82 valence electrons. The summed E-state index contributed by atoms with van der Waals surface area (Å²) in [5.41, 5.74) is -0.870. The maximum atomic E-state index is 12.1. The van der Waals surface area contributed by atoms with Crippen LogP contribution in [-0.4, -0.2) is 18.6 Å². The van der Waals surface area contributed by atoms with Crippen molar-refractivity contribution in [2.45, 2.75) is 12.6 Å². The molecule has 1 N–H and O–H groups in total. The standard InChI is InChI=1S/C9H9F3N2S/c1-13-5-3-2-4-8-14-7(6-15-8)9(10,11)12/h6,13H,3,5H2,1H3. The fourth-order valence-corrected chi connectivity index (χ4v) is 1.48. The number of hydrogen-bond acceptors (Lipinski definition) is 3. The summed E-state index contributed by atoms with van der Waals surface area (Å²) in [7, 11) is 1.78. The normalized spacial score (nSPS) is 10.9. The molecule has 2 nitrogen and oxygen atoms in total. The maximum absolute atomic E-state index is 12.1. The second-order valence-corrected chi connectivity index (χ2v) is 3.55. The Bertz CT molecular complexity index is 373. The van der Waals surface area contributed by atoms with Gasteiger partial charge in [-0.1, -0.05) is 5.92 Å². The highest BCUT2D eigenvalue weighted by atomic mass is 32.1. The van der Waals surface area contributed by atoms with Gasteiger partial charge in [-0.15, -0.1) is 11.3 Å². The highest BCUT2D eigenvalue weighted by molar-refractivity contribution is 7.10. The van der Waals surface area contributed by atoms with E-state index in [1.54, 1.807) is 7.05 Å². The second-order valence-electron chi connectivity index (χ2n) is 2.69. The predicted octanol–water partition coefficient (Wildman–Crippen LogP) is 2.12. The number of aromatic nitrogens is 1. The van der Waals surface area contributed by atoms with E-state index in [4.69, 9.17) is 0 Å². The molecule has 0 aromatic carbocycles. The molecule has 0 aliphatic heterocycles. The summed E-state index contributed by atoms with van der Waals surface area (Å²) < 4.78 is 36.4. The lowest BCUT2D eigenvalue weighted by atomic mass is 10.4. The molecule has 0 radical (unpaired) electrons. The third-order valence-corrected chi connectivity index (χ3v) is 2.25. The molecule has 0 spiro atoms. The van der Waals surface area contributed by atoms with Crippen molar-refractivity contribution in [3.05, 3.63) is 16.1 Å². The Balaban J connectivity index is 2.63. The summed E-state index contributed by atoms with van der Waals surface area (Å²) >= 11 is 0.909. The van der Waals surface area contributed by atoms with Crippen LogP contribution in [0.4, 0.5) is 13.2 Å². The minimum atomic E-state index is -4.37. The van der Waals surface area contributed by atoms with Crippen molar-refractivity contribution in [1.82, 2.24) is 10.3 Å². The Morgan fingerprint density at radius 3 is 2.80 bits per heavy atom. The zero-order chi connectivity index (χ0) is 11.3. The number of thiazole rings is 1. The summed E-state index contributed by atoms with van der Waals surface area (Å²) in [6, 6.07) is 0. The summed E-state index contributed by atoms with van der Waals surface area (Å²) in [6.07, 6.45) is -3.78. The van der Waals surface area contributed by atoms with E-state index in [2.05, 4.69) is 22.1 Å². The zero-order valence-corrected chi connectivity index (χ0v) is 8.80. The fraction of sp³-hybridized carbons (Fsp3) is 0.444. The Morgan fingerprint density at radius 2 is 2.27 bits per heavy atom. The first-order valence-corrected chi connectivity index (χ1v) is 5.08. The maximum Gasteiger partial charge on any atom is 0.434 e. The third-order valence-electron chi connectivity index (χ3n) is 1.49. The average Bonchev–Trinajstić information content (AvgIpc) is 2.60. The lowest BCUT2D eigenvalue weighted by Gasteiger charge is -1.98. The van der Waals surface area contributed by atoms with Crippen LogP contribution in [0.3, 0.4) is 0 Å². The summed E-state index contributed by atoms with van der Waals surface area (Å²) in [5, 5.41) is 4.07. The van der Waals surface area contributed by atoms with Crippen LogP contribution in [0.25, 0.3) is 0 Å². The van der Waals surface area contributed by atoms with Crippen molar-refractivity contribution in [2.75, 3.05) is 13.6 Å². The number of nitrogens with zero attached hydrogens (tertiary/aromatic N) is 1. The van der Waals surface area contributed by atoms with Gasteiger partial charge in [-0.2, -0.15) is 13.2 Å². The minimum absolute atomic E-state index is 0.207. The SMILES string of the molecule is CNCCC#Cc1nc(C(F)(F)F)cs1. The highest BCUT2D eigenvalue weighted by Crippen LogP contribution is 2.29. The van der Waals surface area contributed by atoms with Gasteiger partial charge in [0, 0.05) is 18.3 Å². The second kappa shape index (κ2) is 5.14. The minimum Gasteiger partial charge on any atom is -0.319 e. The molecule has 1 aromatic rings. The van der Waals surface area contributed by atoms with Gasteiger partial charge in [-0.3, -0.25) is 0 Å². The molecule has 1 rings (SSSR count). The van der Waals surface area contributed by atoms with Crippen molar-refractivity contribution in [3.8, 4) is 11.8 Å². The number of nitrogens with one attached hydrogen (secondary N) is 1. The fourth-order valence-electron chi connectivity index (χ4n) is 0.787. The molecule has 1 aromatic heterocycles. The monoisotopic (exact) mass is 234 g/mol. The molecule has 0 atom stereocenters. The van der Waals surface area contributed by atoms with Gasteiger partial charge in [0.1, 0.15) is 0 Å². The predicted molar refractivity (Wildman–Crippen MR) is 52.5 cm³/mol. The molecule has 0 unspecified atom stereocenters. The van der Waals surface area contributed by atoms with Crippen LogP contribution in [0.15, 0.2) is 5.38 Å². The third kappa shape index (κ3) is 3.90. The molecule has 0 saturated heterocycles. The van der Waals surface area contributed by atoms with Crippen molar-refractivity contribution >= 4 is 11.3 Å². The first-order valence-electron chi connectivity index (χ1n) is 4.20. The molecule has 6 heteroatoms. The van der Waals surface area contributed by atoms with Crippen LogP contribution in [-0.2, 0) is 6.18 Å². The number of hydrogen-bond donors (Lipinski definition) is 1. The van der Waals surface area contributed by atoms with E-state index in [-0.39, 0.29) is 5.01 Å². The van der Waals surface area contributed by atoms with Crippen molar-refractivity contribution in [3.63, 3.8) is 0 Å². The van der Waals surface area contributed by atoms with E-state index in [1.165, 1.54) is 0 Å². The van der Waals surface area contributed by atoms with Gasteiger partial charge < -0.3 is 5.32 Å². The Morgan fingerprint density at radius 1 is 1.53 bits per heavy atom. The van der Waals surface area contributed by atoms with Gasteiger partial charge in [0.2, 0.25) is 0 Å². The Labute approximate surface area is 89.5 Å². The molecule has 0 aliphatic carbocycles. The van der Waals surface area contributed by atoms with E-state index in [0.717, 1.165) is 16.7 Å². The molecular formula is C9H9F3N2S. The van der Waals surface area contributed by atoms with Crippen molar-refractivity contribution in [1.29, 1.82) is 0 Å². The Kier molecular flexibility index (Phi) is 4.12. The van der Waals surface area contributed by atoms with Crippen LogP contribution >= 0.6 is 11.3 Å². The van der Waals surface area contributed by atoms with Gasteiger partial charge in [0.05, 0.1) is 0 Å². The summed E-state index contributed by atoms with van der Waals surface area (Å²) in [4.78, 5) is 3.38. The molecular weight excluding hydrogens is 225 g/mol. The molecule has 0 aliphatic rings. The summed E-state index contributed by atoms with van der Waals surface area (Å²) in [5.74, 6) is 5.32. The van der Waals surface area contributed by atoms with E-state index in [0.29, 0.717) is 13.0 Å². The average molecular weight is 234 g/mol. The van der Waals surface area contributed by atoms with Crippen molar-refractivity contribution in [2.24, 2.45) is 0 Å². The Hall–Kier alpha value is -1.06. The summed E-state index contributed by atoms with van der Waals surface area (Å²) in [6.45, 7) is 0.713. The smallest absolute Gasteiger partial charge is 0.319 e. The molecule has 1 heterocycles. The van der Waals surface area contributed by atoms with E-state index < -0.39 is 11.9 Å². The number of alkyl halides is 3. The molecule has 0 bridgehead atoms. The first kappa shape index (κ1) is 12.0. The van der Waals surface area contributed by atoms with E-state index in [9.17, 15) is 13.2 Å². The quantitative estimate of drug-likeness (QED) is 0.626. The van der Waals surface area contributed by atoms with Gasteiger partial charge in [0.25, 0.3) is 0 Å². The molecule has 0 fully saturated rings. The topological polar surface area (TPSA) is 24.9 Å². The lowest BCUT2D eigenvalue weighted by Crippen LogP contribution is -2.06. The van der Waals surface area contributed by atoms with Gasteiger partial charge in [0.15, 0.2) is 10.7 Å². The van der Waals surface area contributed by atoms with Gasteiger partial charge >= 0.3 is 6.18 Å². The number of rotatable bonds is 2. The molecule has 0 amide bonds. The molecule has 15 heavy (non-hydrogen) atoms. The first-order chi connectivity index (χ1) is 7.04. The van der Waals surface area contributed by atoms with E-state index >= 15 is 0 Å². The van der Waals surface area contributed by atoms with Crippen LogP contribution in [0.1, 0.15) is 17.1 Å². The van der Waals surface area contributed by atoms with Gasteiger partial charge in [-0.25, -0.2) is 4.98 Å². The van der Waals surface area contributed by atoms with E-state index in [1.807, 2.05) is 0 Å². The van der Waals surface area contributed by atoms with Gasteiger partial charge in [-0.05, 0) is 13.0 Å². The lowest BCUT2D eigenvalue weighted by molar-refractivity contribution is -0.140. The molecule has 0 saturated carbocycles. The van der Waals surface area contributed by atoms with Crippen molar-refractivity contribution < 1.29 is 13.2 Å². The van der Waals surface area contributed by atoms with Crippen LogP contribution < -0.4 is 5.32 Å². The highest BCUT2D eigenvalue weighted by Gasteiger charge is 2.33. The van der Waals surface area contributed by atoms with Crippen LogP contribution in [0, 0.1) is 11.8 Å². The zero-order valence-electron chi connectivity index (χ0n) is 7.98. The largest absolute Gasteiger partial charge is 0.434 e.